The van der Waals surface area contributed by atoms with Gasteiger partial charge in [0.05, 0.1) is 66.1 Å². The molecule has 5 heterocycles. The van der Waals surface area contributed by atoms with Crippen molar-refractivity contribution in [2.45, 2.75) is 64.2 Å². The third-order valence-corrected chi connectivity index (χ3v) is 10.3. The fraction of sp³-hybridized carbons (Fsp3) is 1.00. The molecule has 22 nitrogen and oxygen atoms in total. The molecule has 0 atom stereocenters. The van der Waals surface area contributed by atoms with Crippen LogP contribution in [0.2, 0.25) is 0 Å². The predicted octanol–water partition coefficient (Wildman–Crippen LogP) is -14.7. The molecule has 5 fully saturated rings. The zero-order valence-electron chi connectivity index (χ0n) is 32.1. The summed E-state index contributed by atoms with van der Waals surface area (Å²) >= 11 is 0. The second kappa shape index (κ2) is 42.4. The molecule has 0 aromatic carbocycles. The minimum absolute atomic E-state index is 0. The molecule has 0 aromatic rings. The number of hydrogen-bond donors (Lipinski definition) is 2. The van der Waals surface area contributed by atoms with Gasteiger partial charge in [0.1, 0.15) is 0 Å². The Morgan fingerprint density at radius 1 is 0.296 bits per heavy atom. The molecule has 296 valence electrons. The summed E-state index contributed by atoms with van der Waals surface area (Å²) in [5, 5.41) is 0. The molecular weight excluding hydrogens is 882 g/mol. The molecule has 0 unspecified atom stereocenters. The molecular formula is C22H48N2Na5O20P5. The Hall–Kier alpha value is 5.47. The van der Waals surface area contributed by atoms with Gasteiger partial charge >= 0.3 is 148 Å². The Bertz CT molecular complexity index is 866. The van der Waals surface area contributed by atoms with Crippen molar-refractivity contribution in [1.29, 1.82) is 0 Å². The Balaban J connectivity index is -0.000000127. The van der Waals surface area contributed by atoms with Crippen molar-refractivity contribution in [1.82, 2.24) is 0 Å². The maximum atomic E-state index is 10.5. The minimum atomic E-state index is -3.88. The van der Waals surface area contributed by atoms with Crippen molar-refractivity contribution in [3.05, 3.63) is 0 Å². The molecule has 0 saturated carbocycles. The van der Waals surface area contributed by atoms with Gasteiger partial charge in [0.25, 0.3) is 39.1 Å². The summed E-state index contributed by atoms with van der Waals surface area (Å²) in [5.41, 5.74) is 9.81. The van der Waals surface area contributed by atoms with Crippen LogP contribution < -0.4 is 184 Å². The molecule has 54 heavy (non-hydrogen) atoms. The van der Waals surface area contributed by atoms with Gasteiger partial charge in [-0.25, -0.2) is 0 Å². The number of hydrogen-bond acceptors (Lipinski definition) is 22. The molecule has 4 N–H and O–H groups in total. The summed E-state index contributed by atoms with van der Waals surface area (Å²) < 4.78 is 96.0. The third kappa shape index (κ3) is 48.5. The van der Waals surface area contributed by atoms with E-state index in [-0.39, 0.29) is 214 Å². The first-order chi connectivity index (χ1) is 22.9. The van der Waals surface area contributed by atoms with Crippen LogP contribution in [0.3, 0.4) is 0 Å². The van der Waals surface area contributed by atoms with Gasteiger partial charge in [0.15, 0.2) is 0 Å². The molecule has 5 aliphatic rings. The molecule has 5 aliphatic heterocycles. The first-order valence-corrected chi connectivity index (χ1v) is 22.7. The van der Waals surface area contributed by atoms with Crippen LogP contribution in [0, 0.1) is 0 Å². The third-order valence-electron chi connectivity index (χ3n) is 5.35. The predicted molar refractivity (Wildman–Crippen MR) is 162 cm³/mol. The first kappa shape index (κ1) is 71.1. The summed E-state index contributed by atoms with van der Waals surface area (Å²) in [7, 11) is -19.4. The van der Waals surface area contributed by atoms with Gasteiger partial charge in [0.2, 0.25) is 0 Å². The van der Waals surface area contributed by atoms with E-state index in [9.17, 15) is 47.3 Å². The van der Waals surface area contributed by atoms with Crippen molar-refractivity contribution in [3.63, 3.8) is 0 Å². The van der Waals surface area contributed by atoms with Crippen LogP contribution in [-0.4, -0.2) is 79.2 Å². The van der Waals surface area contributed by atoms with Crippen LogP contribution in [-0.2, 0) is 68.1 Å². The van der Waals surface area contributed by atoms with Crippen LogP contribution >= 0.6 is 39.1 Å². The van der Waals surface area contributed by atoms with Gasteiger partial charge in [-0.05, 0) is 64.2 Å². The van der Waals surface area contributed by atoms with E-state index < -0.39 is 39.1 Å². The average molecular weight is 930 g/mol. The average Bonchev–Trinajstić information content (AvgIpc) is 3.60. The normalized spacial score (nSPS) is 23.2. The van der Waals surface area contributed by atoms with Crippen molar-refractivity contribution >= 4 is 39.1 Å². The fourth-order valence-electron chi connectivity index (χ4n) is 2.97. The van der Waals surface area contributed by atoms with E-state index in [4.69, 9.17) is 11.5 Å². The fourth-order valence-corrected chi connectivity index (χ4v) is 6.87. The first-order valence-electron chi connectivity index (χ1n) is 15.4. The Kier molecular flexibility index (Phi) is 55.9. The van der Waals surface area contributed by atoms with E-state index in [0.717, 1.165) is 64.2 Å². The maximum Gasteiger partial charge on any atom is 1.00 e. The summed E-state index contributed by atoms with van der Waals surface area (Å²) in [6, 6.07) is 0. The van der Waals surface area contributed by atoms with Crippen LogP contribution in [0.15, 0.2) is 0 Å². The summed E-state index contributed by atoms with van der Waals surface area (Å²) in [6.45, 7) is 3.84. The molecule has 0 aliphatic carbocycles. The standard InChI is InChI=1S/5C4H9O4P.C2H8N2.5Na/c5*5-9(6)7-3-1-2-4-8-9;3-1-2-4;;;;;/h5*1-4H2,(H,5,6);1-4H2;;;;;/q;;;;;;5*+1/p-5. The van der Waals surface area contributed by atoms with Crippen molar-refractivity contribution in [2.75, 3.05) is 79.2 Å². The molecule has 5 rings (SSSR count). The molecule has 5 saturated heterocycles. The number of phosphoric acid groups is 5. The molecule has 32 heteroatoms. The second-order valence-electron chi connectivity index (χ2n) is 9.68. The van der Waals surface area contributed by atoms with Crippen molar-refractivity contribution in [2.24, 2.45) is 11.5 Å². The van der Waals surface area contributed by atoms with Gasteiger partial charge in [-0.2, -0.15) is 0 Å². The van der Waals surface area contributed by atoms with Gasteiger partial charge < -0.3 is 81.2 Å². The van der Waals surface area contributed by atoms with E-state index in [1.807, 2.05) is 0 Å². The van der Waals surface area contributed by atoms with Crippen molar-refractivity contribution in [3.8, 4) is 0 Å². The van der Waals surface area contributed by atoms with Gasteiger partial charge in [0, 0.05) is 13.1 Å². The van der Waals surface area contributed by atoms with Gasteiger partial charge in [-0.1, -0.05) is 0 Å². The summed E-state index contributed by atoms with van der Waals surface area (Å²) in [4.78, 5) is 52.3. The molecule has 0 aromatic heterocycles. The van der Waals surface area contributed by atoms with E-state index in [2.05, 4.69) is 45.2 Å². The molecule has 0 bridgehead atoms. The van der Waals surface area contributed by atoms with E-state index in [1.165, 1.54) is 0 Å². The summed E-state index contributed by atoms with van der Waals surface area (Å²) in [5.74, 6) is 0. The molecule has 0 radical (unpaired) electrons. The van der Waals surface area contributed by atoms with Gasteiger partial charge in [-0.3, -0.25) is 22.8 Å². The minimum Gasteiger partial charge on any atom is -0.756 e. The van der Waals surface area contributed by atoms with E-state index in [1.54, 1.807) is 0 Å². The van der Waals surface area contributed by atoms with Crippen LogP contribution in [0.25, 0.3) is 0 Å². The Morgan fingerprint density at radius 3 is 0.463 bits per heavy atom. The maximum absolute atomic E-state index is 10.5. The second-order valence-corrected chi connectivity index (χ2v) is 16.7. The quantitative estimate of drug-likeness (QED) is 0.182. The monoisotopic (exact) mass is 930 g/mol. The smallest absolute Gasteiger partial charge is 0.756 e. The number of phosphoric ester groups is 5. The topological polar surface area (TPSA) is 345 Å². The number of nitrogens with two attached hydrogens (primary N) is 2. The zero-order valence-corrected chi connectivity index (χ0v) is 46.6. The Labute approximate surface area is 428 Å². The summed E-state index contributed by atoms with van der Waals surface area (Å²) in [6.07, 6.45) is 7.56. The van der Waals surface area contributed by atoms with Gasteiger partial charge in [-0.15, -0.1) is 0 Å². The Morgan fingerprint density at radius 2 is 0.389 bits per heavy atom. The van der Waals surface area contributed by atoms with Crippen LogP contribution in [0.4, 0.5) is 0 Å². The van der Waals surface area contributed by atoms with E-state index >= 15 is 0 Å². The molecule has 0 spiro atoms. The van der Waals surface area contributed by atoms with Crippen LogP contribution in [0.1, 0.15) is 64.2 Å². The number of rotatable bonds is 1. The molecule has 0 amide bonds. The largest absolute Gasteiger partial charge is 1.00 e. The zero-order chi connectivity index (χ0) is 37.1. The van der Waals surface area contributed by atoms with Crippen molar-refractivity contribution < 1.29 is 240 Å². The van der Waals surface area contributed by atoms with Crippen LogP contribution in [0.5, 0.6) is 0 Å². The van der Waals surface area contributed by atoms with E-state index in [0.29, 0.717) is 13.1 Å². The SMILES string of the molecule is NCCN.O=P1([O-])OCCCCO1.O=P1([O-])OCCCCO1.O=P1([O-])OCCCCO1.O=P1([O-])OCCCCO1.O=P1([O-])OCCCCO1.[Na+].[Na+].[Na+].[Na+].[Na+].